The average Bonchev–Trinajstić information content (AvgIpc) is 2.86. The van der Waals surface area contributed by atoms with E-state index in [1.807, 2.05) is 0 Å². The summed E-state index contributed by atoms with van der Waals surface area (Å²) in [5, 5.41) is 3.01. The van der Waals surface area contributed by atoms with Gasteiger partial charge in [0.05, 0.1) is 24.3 Å². The molecule has 9 heteroatoms. The van der Waals surface area contributed by atoms with Crippen LogP contribution in [0.5, 0.6) is 5.75 Å². The zero-order valence-corrected chi connectivity index (χ0v) is 15.5. The highest BCUT2D eigenvalue weighted by Gasteiger charge is 2.30. The van der Waals surface area contributed by atoms with Gasteiger partial charge in [0, 0.05) is 11.4 Å². The molecule has 1 N–H and O–H groups in total. The minimum atomic E-state index is -3.05. The maximum Gasteiger partial charge on any atom is 0.306 e. The van der Waals surface area contributed by atoms with Crippen LogP contribution in [0.2, 0.25) is 5.02 Å². The molecule has 1 aliphatic rings. The Morgan fingerprint density at radius 1 is 1.40 bits per heavy atom. The molecule has 0 unspecified atom stereocenters. The Morgan fingerprint density at radius 2 is 2.12 bits per heavy atom. The number of methoxy groups -OCH3 is 1. The van der Waals surface area contributed by atoms with Crippen molar-refractivity contribution >= 4 is 39.0 Å². The summed E-state index contributed by atoms with van der Waals surface area (Å²) in [6, 6.07) is 4.75. The van der Waals surface area contributed by atoms with E-state index in [1.165, 1.54) is 20.1 Å². The molecule has 0 bridgehead atoms. The normalized spacial score (nSPS) is 19.9. The molecular weight excluding hydrogens is 370 g/mol. The smallest absolute Gasteiger partial charge is 0.306 e. The quantitative estimate of drug-likeness (QED) is 0.747. The Bertz CT molecular complexity index is 764. The number of esters is 1. The van der Waals surface area contributed by atoms with Gasteiger partial charge in [0.25, 0.3) is 5.91 Å². The van der Waals surface area contributed by atoms with Crippen molar-refractivity contribution in [3.63, 3.8) is 0 Å². The lowest BCUT2D eigenvalue weighted by Gasteiger charge is -2.16. The fourth-order valence-corrected chi connectivity index (χ4v) is 4.61. The average molecular weight is 390 g/mol. The fourth-order valence-electron chi connectivity index (χ4n) is 2.58. The molecule has 1 amide bonds. The number of anilines is 1. The van der Waals surface area contributed by atoms with Gasteiger partial charge in [-0.1, -0.05) is 11.6 Å². The number of ether oxygens (including phenoxy) is 2. The first kappa shape index (κ1) is 19.5. The molecule has 25 heavy (non-hydrogen) atoms. The monoisotopic (exact) mass is 389 g/mol. The lowest BCUT2D eigenvalue weighted by atomic mass is 10.1. The lowest BCUT2D eigenvalue weighted by Crippen LogP contribution is -2.30. The third-order valence-corrected chi connectivity index (χ3v) is 5.95. The second kappa shape index (κ2) is 8.05. The molecular formula is C16H20ClNO6S. The van der Waals surface area contributed by atoms with Crippen LogP contribution in [0.15, 0.2) is 18.2 Å². The van der Waals surface area contributed by atoms with Crippen LogP contribution >= 0.6 is 11.6 Å². The summed E-state index contributed by atoms with van der Waals surface area (Å²) in [5.74, 6) is -0.873. The van der Waals surface area contributed by atoms with Crippen molar-refractivity contribution in [2.24, 2.45) is 5.92 Å². The number of sulfone groups is 1. The van der Waals surface area contributed by atoms with E-state index in [-0.39, 0.29) is 23.8 Å². The Morgan fingerprint density at radius 3 is 2.72 bits per heavy atom. The molecule has 1 aromatic rings. The second-order valence-electron chi connectivity index (χ2n) is 5.94. The third-order valence-electron chi connectivity index (χ3n) is 3.88. The first-order chi connectivity index (χ1) is 11.7. The fraction of sp³-hybridized carbons (Fsp3) is 0.500. The van der Waals surface area contributed by atoms with Crippen LogP contribution in [0.1, 0.15) is 19.8 Å². The summed E-state index contributed by atoms with van der Waals surface area (Å²) >= 11 is 5.90. The predicted molar refractivity (Wildman–Crippen MR) is 93.6 cm³/mol. The van der Waals surface area contributed by atoms with Gasteiger partial charge in [-0.05, 0) is 37.5 Å². The minimum Gasteiger partial charge on any atom is -0.495 e. The van der Waals surface area contributed by atoms with Gasteiger partial charge < -0.3 is 14.8 Å². The van der Waals surface area contributed by atoms with Crippen LogP contribution in [0.4, 0.5) is 5.69 Å². The van der Waals surface area contributed by atoms with Gasteiger partial charge >= 0.3 is 5.97 Å². The first-order valence-electron chi connectivity index (χ1n) is 7.74. The van der Waals surface area contributed by atoms with Crippen molar-refractivity contribution in [1.82, 2.24) is 0 Å². The SMILES string of the molecule is COc1ccc(Cl)cc1NC(=O)[C@@H](C)OC(=O)C[C@@H]1CCS(=O)(=O)C1. The van der Waals surface area contributed by atoms with Crippen LogP contribution in [0, 0.1) is 5.92 Å². The molecule has 0 radical (unpaired) electrons. The van der Waals surface area contributed by atoms with Gasteiger partial charge in [0.15, 0.2) is 15.9 Å². The van der Waals surface area contributed by atoms with Crippen LogP contribution in [0.3, 0.4) is 0 Å². The third kappa shape index (κ3) is 5.61. The number of hydrogen-bond donors (Lipinski definition) is 1. The van der Waals surface area contributed by atoms with E-state index in [9.17, 15) is 18.0 Å². The Hall–Kier alpha value is -1.80. The van der Waals surface area contributed by atoms with Crippen molar-refractivity contribution in [3.05, 3.63) is 23.2 Å². The zero-order chi connectivity index (χ0) is 18.6. The summed E-state index contributed by atoms with van der Waals surface area (Å²) in [6.45, 7) is 1.44. The molecule has 2 atom stereocenters. The first-order valence-corrected chi connectivity index (χ1v) is 9.94. The van der Waals surface area contributed by atoms with E-state index >= 15 is 0 Å². The molecule has 0 aromatic heterocycles. The van der Waals surface area contributed by atoms with Crippen LogP contribution in [-0.2, 0) is 24.2 Å². The van der Waals surface area contributed by atoms with E-state index < -0.39 is 27.8 Å². The number of amides is 1. The van der Waals surface area contributed by atoms with Crippen molar-refractivity contribution in [1.29, 1.82) is 0 Å². The summed E-state index contributed by atoms with van der Waals surface area (Å²) in [7, 11) is -1.60. The van der Waals surface area contributed by atoms with Crippen molar-refractivity contribution < 1.29 is 27.5 Å². The summed E-state index contributed by atoms with van der Waals surface area (Å²) in [6.07, 6.45) is -0.607. The Balaban J connectivity index is 1.90. The highest BCUT2D eigenvalue weighted by atomic mass is 35.5. The highest BCUT2D eigenvalue weighted by Crippen LogP contribution is 2.28. The van der Waals surface area contributed by atoms with E-state index in [4.69, 9.17) is 21.1 Å². The molecule has 0 saturated carbocycles. The Kier molecular flexibility index (Phi) is 6.29. The van der Waals surface area contributed by atoms with Gasteiger partial charge in [-0.25, -0.2) is 8.42 Å². The van der Waals surface area contributed by atoms with Gasteiger partial charge in [0.2, 0.25) is 0 Å². The molecule has 1 saturated heterocycles. The molecule has 1 aliphatic heterocycles. The van der Waals surface area contributed by atoms with Gasteiger partial charge in [-0.2, -0.15) is 0 Å². The number of hydrogen-bond acceptors (Lipinski definition) is 6. The van der Waals surface area contributed by atoms with E-state index in [0.717, 1.165) is 0 Å². The van der Waals surface area contributed by atoms with Gasteiger partial charge in [-0.3, -0.25) is 9.59 Å². The van der Waals surface area contributed by atoms with Crippen molar-refractivity contribution in [2.45, 2.75) is 25.9 Å². The van der Waals surface area contributed by atoms with Crippen LogP contribution in [0.25, 0.3) is 0 Å². The minimum absolute atomic E-state index is 0.0115. The van der Waals surface area contributed by atoms with E-state index in [2.05, 4.69) is 5.32 Å². The highest BCUT2D eigenvalue weighted by molar-refractivity contribution is 7.91. The van der Waals surface area contributed by atoms with Crippen molar-refractivity contribution in [3.8, 4) is 5.75 Å². The van der Waals surface area contributed by atoms with Crippen LogP contribution in [-0.4, -0.2) is 45.0 Å². The molecule has 0 aliphatic carbocycles. The standard InChI is InChI=1S/C16H20ClNO6S/c1-10(24-15(19)7-11-5-6-25(21,22)9-11)16(20)18-13-8-12(17)3-4-14(13)23-2/h3-4,8,10-11H,5-7,9H2,1-2H3,(H,18,20)/t10-,11+/m1/s1. The predicted octanol–water partition coefficient (Wildman–Crippen LogP) is 2.04. The maximum atomic E-state index is 12.2. The zero-order valence-electron chi connectivity index (χ0n) is 14.0. The molecule has 138 valence electrons. The maximum absolute atomic E-state index is 12.2. The number of carbonyl (C=O) groups is 2. The van der Waals surface area contributed by atoms with Crippen LogP contribution < -0.4 is 10.1 Å². The summed E-state index contributed by atoms with van der Waals surface area (Å²) in [5.41, 5.74) is 0.366. The largest absolute Gasteiger partial charge is 0.495 e. The number of rotatable bonds is 6. The number of benzene rings is 1. The molecule has 7 nitrogen and oxygen atoms in total. The van der Waals surface area contributed by atoms with E-state index in [1.54, 1.807) is 12.1 Å². The molecule has 1 heterocycles. The Labute approximate surface area is 151 Å². The second-order valence-corrected chi connectivity index (χ2v) is 8.60. The van der Waals surface area contributed by atoms with Gasteiger partial charge in [0.1, 0.15) is 5.75 Å². The summed E-state index contributed by atoms with van der Waals surface area (Å²) < 4.78 is 33.0. The molecule has 2 rings (SSSR count). The van der Waals surface area contributed by atoms with E-state index in [0.29, 0.717) is 22.9 Å². The number of carbonyl (C=O) groups excluding carboxylic acids is 2. The molecule has 1 fully saturated rings. The molecule has 1 aromatic carbocycles. The van der Waals surface area contributed by atoms with Crippen molar-refractivity contribution in [2.75, 3.05) is 23.9 Å². The number of nitrogens with one attached hydrogen (secondary N) is 1. The summed E-state index contributed by atoms with van der Waals surface area (Å²) in [4.78, 5) is 24.1. The lowest BCUT2D eigenvalue weighted by molar-refractivity contribution is -0.153. The van der Waals surface area contributed by atoms with Gasteiger partial charge in [-0.15, -0.1) is 0 Å². The topological polar surface area (TPSA) is 98.8 Å². The molecule has 0 spiro atoms. The number of halogens is 1.